The Morgan fingerprint density at radius 3 is 2.41 bits per heavy atom. The third kappa shape index (κ3) is 9.48. The molecule has 13 heteroatoms. The molecule has 3 amide bonds. The summed E-state index contributed by atoms with van der Waals surface area (Å²) in [6.07, 6.45) is 4.26. The number of H-pyrrole nitrogens is 1. The second-order valence-electron chi connectivity index (χ2n) is 10.8. The Morgan fingerprint density at radius 2 is 1.76 bits per heavy atom. The van der Waals surface area contributed by atoms with Crippen LogP contribution in [0.1, 0.15) is 51.5 Å². The van der Waals surface area contributed by atoms with Crippen LogP contribution in [-0.2, 0) is 25.6 Å². The first-order valence-corrected chi connectivity index (χ1v) is 14.0. The van der Waals surface area contributed by atoms with Gasteiger partial charge in [0.2, 0.25) is 17.7 Å². The number of hydrogen-bond donors (Lipinski definition) is 8. The standard InChI is InChI=1S/C28H42N8O5/c1-16(2)13-22(26(39)36-23(27(40)41)14-17-15-33-19-8-4-3-7-18(17)19)35-25(38)21(10-6-12-32-28(29)30)34-24(37)20-9-5-11-31-20/h3-4,7-8,15-16,20-23,31,33H,5-6,9-14H2,1-2H3,(H,34,37)(H,35,38)(H,36,39)(H,40,41)(H4,29,30,32). The van der Waals surface area contributed by atoms with Gasteiger partial charge < -0.3 is 42.8 Å². The fraction of sp³-hybridized carbons (Fsp3) is 0.536. The molecule has 0 aliphatic carbocycles. The molecule has 2 heterocycles. The third-order valence-corrected chi connectivity index (χ3v) is 7.01. The molecule has 0 saturated carbocycles. The maximum Gasteiger partial charge on any atom is 0.326 e. The van der Waals surface area contributed by atoms with Crippen molar-refractivity contribution in [3.05, 3.63) is 36.0 Å². The van der Waals surface area contributed by atoms with E-state index in [1.807, 2.05) is 38.1 Å². The molecule has 4 atom stereocenters. The number of aliphatic carboxylic acids is 1. The summed E-state index contributed by atoms with van der Waals surface area (Å²) in [5.41, 5.74) is 12.4. The highest BCUT2D eigenvalue weighted by Crippen LogP contribution is 2.19. The summed E-state index contributed by atoms with van der Waals surface area (Å²) in [6, 6.07) is 3.96. The molecule has 0 bridgehead atoms. The molecular formula is C28H42N8O5. The van der Waals surface area contributed by atoms with E-state index in [4.69, 9.17) is 11.5 Å². The number of carboxylic acids is 1. The number of carboxylic acid groups (broad SMARTS) is 1. The van der Waals surface area contributed by atoms with Gasteiger partial charge in [-0.3, -0.25) is 19.4 Å². The van der Waals surface area contributed by atoms with Crippen LogP contribution in [0.2, 0.25) is 0 Å². The lowest BCUT2D eigenvalue weighted by atomic mass is 10.0. The minimum Gasteiger partial charge on any atom is -0.480 e. The quantitative estimate of drug-likeness (QED) is 0.0832. The maximum absolute atomic E-state index is 13.4. The maximum atomic E-state index is 13.4. The number of aliphatic imine (C=N–C) groups is 1. The number of nitrogens with two attached hydrogens (primary N) is 2. The first-order valence-electron chi connectivity index (χ1n) is 14.0. The summed E-state index contributed by atoms with van der Waals surface area (Å²) in [4.78, 5) is 58.7. The van der Waals surface area contributed by atoms with Crippen LogP contribution in [0, 0.1) is 5.92 Å². The summed E-state index contributed by atoms with van der Waals surface area (Å²) in [5.74, 6) is -2.68. The lowest BCUT2D eigenvalue weighted by Gasteiger charge is -2.26. The van der Waals surface area contributed by atoms with E-state index in [1.54, 1.807) is 6.20 Å². The largest absolute Gasteiger partial charge is 0.480 e. The van der Waals surface area contributed by atoms with Gasteiger partial charge in [0.1, 0.15) is 18.1 Å². The number of aromatic amines is 1. The number of guanidine groups is 1. The van der Waals surface area contributed by atoms with Crippen molar-refractivity contribution in [2.45, 2.75) is 76.5 Å². The number of para-hydroxylation sites is 1. The Hall–Kier alpha value is -4.13. The van der Waals surface area contributed by atoms with E-state index in [1.165, 1.54) is 0 Å². The van der Waals surface area contributed by atoms with E-state index in [-0.39, 0.29) is 43.6 Å². The molecule has 13 nitrogen and oxygen atoms in total. The smallest absolute Gasteiger partial charge is 0.326 e. The number of amides is 3. The number of fused-ring (bicyclic) bond motifs is 1. The van der Waals surface area contributed by atoms with Crippen molar-refractivity contribution in [1.29, 1.82) is 0 Å². The van der Waals surface area contributed by atoms with Crippen molar-refractivity contribution < 1.29 is 24.3 Å². The van der Waals surface area contributed by atoms with E-state index in [2.05, 4.69) is 31.2 Å². The molecule has 1 aromatic heterocycles. The van der Waals surface area contributed by atoms with Crippen molar-refractivity contribution in [2.24, 2.45) is 22.4 Å². The van der Waals surface area contributed by atoms with Crippen molar-refractivity contribution in [3.8, 4) is 0 Å². The van der Waals surface area contributed by atoms with Crippen molar-refractivity contribution in [1.82, 2.24) is 26.3 Å². The molecule has 0 spiro atoms. The Balaban J connectivity index is 1.72. The molecule has 3 rings (SSSR count). The number of nitrogens with zero attached hydrogens (tertiary/aromatic N) is 1. The molecule has 224 valence electrons. The van der Waals surface area contributed by atoms with Crippen molar-refractivity contribution >= 4 is 40.6 Å². The molecule has 1 fully saturated rings. The van der Waals surface area contributed by atoms with Crippen LogP contribution in [0.4, 0.5) is 0 Å². The van der Waals surface area contributed by atoms with Crippen LogP contribution in [0.15, 0.2) is 35.5 Å². The van der Waals surface area contributed by atoms with Crippen LogP contribution in [0.25, 0.3) is 10.9 Å². The minimum absolute atomic E-state index is 0.0144. The highest BCUT2D eigenvalue weighted by atomic mass is 16.4. The molecule has 10 N–H and O–H groups in total. The van der Waals surface area contributed by atoms with Crippen molar-refractivity contribution in [3.63, 3.8) is 0 Å². The predicted molar refractivity (Wildman–Crippen MR) is 156 cm³/mol. The van der Waals surface area contributed by atoms with Crippen molar-refractivity contribution in [2.75, 3.05) is 13.1 Å². The van der Waals surface area contributed by atoms with E-state index >= 15 is 0 Å². The normalized spacial score (nSPS) is 17.0. The summed E-state index contributed by atoms with van der Waals surface area (Å²) < 4.78 is 0. The van der Waals surface area contributed by atoms with Gasteiger partial charge in [-0.1, -0.05) is 32.0 Å². The van der Waals surface area contributed by atoms with Crippen LogP contribution in [-0.4, -0.2) is 77.0 Å². The summed E-state index contributed by atoms with van der Waals surface area (Å²) >= 11 is 0. The number of benzene rings is 1. The Morgan fingerprint density at radius 1 is 1.05 bits per heavy atom. The van der Waals surface area contributed by atoms with Gasteiger partial charge in [-0.25, -0.2) is 4.79 Å². The summed E-state index contributed by atoms with van der Waals surface area (Å²) in [7, 11) is 0. The number of aromatic nitrogens is 1. The lowest BCUT2D eigenvalue weighted by molar-refractivity contribution is -0.142. The zero-order chi connectivity index (χ0) is 29.9. The van der Waals surface area contributed by atoms with Gasteiger partial charge >= 0.3 is 5.97 Å². The Bertz CT molecular complexity index is 1230. The monoisotopic (exact) mass is 570 g/mol. The van der Waals surface area contributed by atoms with Crippen LogP contribution < -0.4 is 32.7 Å². The summed E-state index contributed by atoms with van der Waals surface area (Å²) in [5, 5.41) is 22.0. The average molecular weight is 571 g/mol. The lowest BCUT2D eigenvalue weighted by Crippen LogP contribution is -2.57. The molecular weight excluding hydrogens is 528 g/mol. The third-order valence-electron chi connectivity index (χ3n) is 7.01. The Labute approximate surface area is 239 Å². The predicted octanol–water partition coefficient (Wildman–Crippen LogP) is 0.101. The summed E-state index contributed by atoms with van der Waals surface area (Å²) in [6.45, 7) is 4.79. The molecule has 0 radical (unpaired) electrons. The van der Waals surface area contributed by atoms with Crippen LogP contribution in [0.5, 0.6) is 0 Å². The molecule has 1 saturated heterocycles. The second-order valence-corrected chi connectivity index (χ2v) is 10.8. The Kier molecular flexibility index (Phi) is 11.5. The van der Waals surface area contributed by atoms with Gasteiger partial charge in [0, 0.05) is 30.1 Å². The van der Waals surface area contributed by atoms with Crippen LogP contribution >= 0.6 is 0 Å². The van der Waals surface area contributed by atoms with E-state index in [0.29, 0.717) is 12.8 Å². The topological polar surface area (TPSA) is 217 Å². The van der Waals surface area contributed by atoms with E-state index < -0.39 is 42.0 Å². The molecule has 4 unspecified atom stereocenters. The van der Waals surface area contributed by atoms with Gasteiger partial charge in [0.15, 0.2) is 5.96 Å². The number of carbonyl (C=O) groups excluding carboxylic acids is 3. The minimum atomic E-state index is -1.21. The second kappa shape index (κ2) is 15.0. The first-order chi connectivity index (χ1) is 19.5. The van der Waals surface area contributed by atoms with E-state index in [9.17, 15) is 24.3 Å². The fourth-order valence-electron chi connectivity index (χ4n) is 4.92. The van der Waals surface area contributed by atoms with Gasteiger partial charge in [-0.15, -0.1) is 0 Å². The number of carbonyl (C=O) groups is 4. The highest BCUT2D eigenvalue weighted by molar-refractivity contribution is 5.94. The van der Waals surface area contributed by atoms with Crippen LogP contribution in [0.3, 0.4) is 0 Å². The van der Waals surface area contributed by atoms with E-state index in [0.717, 1.165) is 29.4 Å². The van der Waals surface area contributed by atoms with Gasteiger partial charge in [0.05, 0.1) is 6.04 Å². The van der Waals surface area contributed by atoms with Gasteiger partial charge in [-0.2, -0.15) is 0 Å². The van der Waals surface area contributed by atoms with Gasteiger partial charge in [0.25, 0.3) is 0 Å². The zero-order valence-electron chi connectivity index (χ0n) is 23.6. The molecule has 1 aromatic carbocycles. The number of hydrogen-bond acceptors (Lipinski definition) is 6. The molecule has 1 aliphatic heterocycles. The molecule has 1 aliphatic rings. The zero-order valence-corrected chi connectivity index (χ0v) is 23.6. The first kappa shape index (κ1) is 31.4. The average Bonchev–Trinajstić information content (AvgIpc) is 3.60. The van der Waals surface area contributed by atoms with Gasteiger partial charge in [-0.05, 0) is 56.2 Å². The fourth-order valence-corrected chi connectivity index (χ4v) is 4.92. The number of nitrogens with one attached hydrogen (secondary N) is 5. The molecule has 41 heavy (non-hydrogen) atoms. The molecule has 2 aromatic rings. The highest BCUT2D eigenvalue weighted by Gasteiger charge is 2.32. The number of rotatable bonds is 15. The SMILES string of the molecule is CC(C)CC(NC(=O)C(CCCN=C(N)N)NC(=O)C1CCCN1)C(=O)NC(Cc1c[nH]c2ccccc12)C(=O)O.